The van der Waals surface area contributed by atoms with Gasteiger partial charge in [-0.3, -0.25) is 0 Å². The van der Waals surface area contributed by atoms with Gasteiger partial charge in [0.1, 0.15) is 5.82 Å². The monoisotopic (exact) mass is 251 g/mol. The number of halogens is 1. The molecule has 2 amide bonds. The normalized spacial score (nSPS) is 10.8. The van der Waals surface area contributed by atoms with Gasteiger partial charge in [-0.05, 0) is 18.6 Å². The fourth-order valence-electron chi connectivity index (χ4n) is 1.79. The van der Waals surface area contributed by atoms with Crippen LogP contribution in [0.5, 0.6) is 0 Å². The number of anilines is 1. The van der Waals surface area contributed by atoms with Crippen LogP contribution in [0.4, 0.5) is 15.1 Å². The predicted molar refractivity (Wildman–Crippen MR) is 66.4 cm³/mol. The van der Waals surface area contributed by atoms with Crippen molar-refractivity contribution in [2.75, 3.05) is 12.3 Å². The number of aromatic nitrogens is 2. The Bertz CT molecular complexity index is 607. The van der Waals surface area contributed by atoms with Crippen molar-refractivity contribution in [2.24, 2.45) is 5.73 Å². The highest BCUT2D eigenvalue weighted by Gasteiger charge is 2.10. The first-order valence-electron chi connectivity index (χ1n) is 5.44. The number of nitrogens with one attached hydrogen (secondary N) is 1. The van der Waals surface area contributed by atoms with Crippen molar-refractivity contribution in [1.82, 2.24) is 14.9 Å². The van der Waals surface area contributed by atoms with Crippen LogP contribution in [0.2, 0.25) is 0 Å². The Morgan fingerprint density at radius 1 is 1.56 bits per heavy atom. The van der Waals surface area contributed by atoms with Crippen LogP contribution < -0.4 is 16.8 Å². The van der Waals surface area contributed by atoms with E-state index in [0.29, 0.717) is 24.2 Å². The molecule has 0 saturated carbocycles. The zero-order valence-electron chi connectivity index (χ0n) is 9.90. The van der Waals surface area contributed by atoms with Gasteiger partial charge in [0, 0.05) is 19.2 Å². The van der Waals surface area contributed by atoms with E-state index in [-0.39, 0.29) is 11.8 Å². The molecule has 1 aromatic heterocycles. The van der Waals surface area contributed by atoms with E-state index in [4.69, 9.17) is 11.5 Å². The number of carbonyl (C=O) groups excluding carboxylic acids is 1. The molecule has 7 heteroatoms. The largest absolute Gasteiger partial charge is 0.369 e. The molecule has 2 aromatic rings. The van der Waals surface area contributed by atoms with Gasteiger partial charge < -0.3 is 21.4 Å². The molecule has 2 rings (SSSR count). The summed E-state index contributed by atoms with van der Waals surface area (Å²) < 4.78 is 15.1. The summed E-state index contributed by atoms with van der Waals surface area (Å²) in [5, 5.41) is 2.46. The van der Waals surface area contributed by atoms with Crippen LogP contribution in [-0.2, 0) is 6.54 Å². The number of rotatable bonds is 3. The summed E-state index contributed by atoms with van der Waals surface area (Å²) in [5.74, 6) is -0.0383. The molecule has 0 spiro atoms. The van der Waals surface area contributed by atoms with Crippen molar-refractivity contribution in [2.45, 2.75) is 13.5 Å². The topological polar surface area (TPSA) is 99.0 Å². The minimum absolute atomic E-state index is 0.279. The number of amides is 2. The highest BCUT2D eigenvalue weighted by atomic mass is 19.1. The van der Waals surface area contributed by atoms with Crippen molar-refractivity contribution in [3.05, 3.63) is 23.5 Å². The molecule has 6 nitrogen and oxygen atoms in total. The third kappa shape index (κ3) is 2.20. The smallest absolute Gasteiger partial charge is 0.312 e. The predicted octanol–water partition coefficient (Wildman–Crippen LogP) is 0.734. The molecule has 0 aliphatic carbocycles. The number of fused-ring (bicyclic) bond motifs is 1. The molecule has 5 N–H and O–H groups in total. The summed E-state index contributed by atoms with van der Waals surface area (Å²) in [6, 6.07) is 2.43. The van der Waals surface area contributed by atoms with Gasteiger partial charge in [-0.2, -0.15) is 0 Å². The molecular formula is C11H14FN5O. The SMILES string of the molecule is Cc1cc2c(cc1F)nc(N)n2CCNC(N)=O. The van der Waals surface area contributed by atoms with Crippen LogP contribution >= 0.6 is 0 Å². The maximum absolute atomic E-state index is 13.4. The number of primary amides is 1. The Balaban J connectivity index is 2.34. The summed E-state index contributed by atoms with van der Waals surface area (Å²) in [5.41, 5.74) is 12.5. The number of hydrogen-bond acceptors (Lipinski definition) is 3. The van der Waals surface area contributed by atoms with Gasteiger partial charge in [0.15, 0.2) is 0 Å². The van der Waals surface area contributed by atoms with Crippen LogP contribution in [0.25, 0.3) is 11.0 Å². The molecule has 0 bridgehead atoms. The van der Waals surface area contributed by atoms with Crippen molar-refractivity contribution in [1.29, 1.82) is 0 Å². The molecule has 1 heterocycles. The molecule has 1 aromatic carbocycles. The lowest BCUT2D eigenvalue weighted by Crippen LogP contribution is -2.32. The van der Waals surface area contributed by atoms with E-state index in [0.717, 1.165) is 5.52 Å². The molecule has 18 heavy (non-hydrogen) atoms. The van der Waals surface area contributed by atoms with E-state index in [9.17, 15) is 9.18 Å². The molecule has 0 aliphatic heterocycles. The van der Waals surface area contributed by atoms with Crippen LogP contribution in [0, 0.1) is 12.7 Å². The van der Waals surface area contributed by atoms with E-state index < -0.39 is 6.03 Å². The lowest BCUT2D eigenvalue weighted by Gasteiger charge is -2.07. The number of nitrogen functional groups attached to an aromatic ring is 1. The molecule has 0 unspecified atom stereocenters. The number of benzene rings is 1. The van der Waals surface area contributed by atoms with E-state index in [1.807, 2.05) is 0 Å². The van der Waals surface area contributed by atoms with Gasteiger partial charge in [0.2, 0.25) is 5.95 Å². The van der Waals surface area contributed by atoms with Gasteiger partial charge in [0.25, 0.3) is 0 Å². The van der Waals surface area contributed by atoms with Gasteiger partial charge in [-0.1, -0.05) is 0 Å². The highest BCUT2D eigenvalue weighted by molar-refractivity contribution is 5.79. The molecule has 0 aliphatic rings. The Morgan fingerprint density at radius 2 is 2.28 bits per heavy atom. The second-order valence-electron chi connectivity index (χ2n) is 4.00. The Labute approximate surface area is 103 Å². The summed E-state index contributed by atoms with van der Waals surface area (Å²) in [4.78, 5) is 14.7. The van der Waals surface area contributed by atoms with E-state index >= 15 is 0 Å². The van der Waals surface area contributed by atoms with Gasteiger partial charge in [0.05, 0.1) is 11.0 Å². The van der Waals surface area contributed by atoms with Crippen LogP contribution in [0.3, 0.4) is 0 Å². The third-order valence-corrected chi connectivity index (χ3v) is 2.69. The second-order valence-corrected chi connectivity index (χ2v) is 4.00. The minimum atomic E-state index is -0.597. The summed E-state index contributed by atoms with van der Waals surface area (Å²) in [6.45, 7) is 2.43. The fourth-order valence-corrected chi connectivity index (χ4v) is 1.79. The quantitative estimate of drug-likeness (QED) is 0.750. The van der Waals surface area contributed by atoms with Crippen molar-refractivity contribution in [3.8, 4) is 0 Å². The van der Waals surface area contributed by atoms with Crippen LogP contribution in [-0.4, -0.2) is 22.1 Å². The lowest BCUT2D eigenvalue weighted by atomic mass is 10.2. The Hall–Kier alpha value is -2.31. The van der Waals surface area contributed by atoms with E-state index in [1.54, 1.807) is 17.6 Å². The van der Waals surface area contributed by atoms with Crippen LogP contribution in [0.1, 0.15) is 5.56 Å². The van der Waals surface area contributed by atoms with Gasteiger partial charge >= 0.3 is 6.03 Å². The second kappa shape index (κ2) is 4.52. The van der Waals surface area contributed by atoms with E-state index in [2.05, 4.69) is 10.3 Å². The molecule has 0 fully saturated rings. The highest BCUT2D eigenvalue weighted by Crippen LogP contribution is 2.21. The van der Waals surface area contributed by atoms with Gasteiger partial charge in [-0.25, -0.2) is 14.2 Å². The number of carbonyl (C=O) groups is 1. The zero-order valence-corrected chi connectivity index (χ0v) is 9.90. The van der Waals surface area contributed by atoms with Crippen molar-refractivity contribution in [3.63, 3.8) is 0 Å². The average molecular weight is 251 g/mol. The number of nitrogens with zero attached hydrogens (tertiary/aromatic N) is 2. The summed E-state index contributed by atoms with van der Waals surface area (Å²) >= 11 is 0. The van der Waals surface area contributed by atoms with E-state index in [1.165, 1.54) is 6.07 Å². The molecule has 96 valence electrons. The van der Waals surface area contributed by atoms with Gasteiger partial charge in [-0.15, -0.1) is 0 Å². The number of urea groups is 1. The molecular weight excluding hydrogens is 237 g/mol. The first-order valence-corrected chi connectivity index (χ1v) is 5.44. The lowest BCUT2D eigenvalue weighted by molar-refractivity contribution is 0.248. The minimum Gasteiger partial charge on any atom is -0.369 e. The fraction of sp³-hybridized carbons (Fsp3) is 0.273. The number of aryl methyl sites for hydroxylation is 1. The molecule has 0 radical (unpaired) electrons. The first-order chi connectivity index (χ1) is 8.49. The maximum atomic E-state index is 13.4. The maximum Gasteiger partial charge on any atom is 0.312 e. The molecule has 0 saturated heterocycles. The molecule has 0 atom stereocenters. The van der Waals surface area contributed by atoms with Crippen molar-refractivity contribution < 1.29 is 9.18 Å². The summed E-state index contributed by atoms with van der Waals surface area (Å²) in [6.07, 6.45) is 0. The number of nitrogens with two attached hydrogens (primary N) is 2. The third-order valence-electron chi connectivity index (χ3n) is 2.69. The Morgan fingerprint density at radius 3 is 2.94 bits per heavy atom. The standard InChI is InChI=1S/C11H14FN5O/c1-6-4-9-8(5-7(6)12)16-10(13)17(9)3-2-15-11(14)18/h4-5H,2-3H2,1H3,(H2,13,16)(H3,14,15,18). The average Bonchev–Trinajstić information content (AvgIpc) is 2.56. The Kier molecular flexibility index (Phi) is 3.05. The first kappa shape index (κ1) is 12.2. The summed E-state index contributed by atoms with van der Waals surface area (Å²) in [7, 11) is 0. The zero-order chi connectivity index (χ0) is 13.3. The number of hydrogen-bond donors (Lipinski definition) is 3. The number of imidazole rings is 1. The van der Waals surface area contributed by atoms with Crippen LogP contribution in [0.15, 0.2) is 12.1 Å². The van der Waals surface area contributed by atoms with Crippen molar-refractivity contribution >= 4 is 23.0 Å².